The number of hydrogen-bond acceptors (Lipinski definition) is 5. The first-order chi connectivity index (χ1) is 12.4. The Labute approximate surface area is 161 Å². The predicted octanol–water partition coefficient (Wildman–Crippen LogP) is 3.78. The SMILES string of the molecule is O=C(Nc1nn(Cc2ccccc2Cl)cc1Cl)c1n[nH]c([N+](=O)[O-])c1Cl. The second kappa shape index (κ2) is 7.32. The van der Waals surface area contributed by atoms with E-state index in [0.717, 1.165) is 5.56 Å². The summed E-state index contributed by atoms with van der Waals surface area (Å²) in [6, 6.07) is 7.22. The summed E-state index contributed by atoms with van der Waals surface area (Å²) in [4.78, 5) is 22.2. The molecule has 134 valence electrons. The van der Waals surface area contributed by atoms with E-state index in [1.807, 2.05) is 12.1 Å². The Hall–Kier alpha value is -2.62. The maximum Gasteiger partial charge on any atom is 0.362 e. The highest BCUT2D eigenvalue weighted by Gasteiger charge is 2.26. The highest BCUT2D eigenvalue weighted by molar-refractivity contribution is 6.36. The van der Waals surface area contributed by atoms with Crippen LogP contribution in [0.5, 0.6) is 0 Å². The van der Waals surface area contributed by atoms with Crippen molar-refractivity contribution in [3.63, 3.8) is 0 Å². The first kappa shape index (κ1) is 18.2. The second-order valence-corrected chi connectivity index (χ2v) is 6.25. The first-order valence-electron chi connectivity index (χ1n) is 7.02. The normalized spacial score (nSPS) is 10.7. The minimum Gasteiger partial charge on any atom is -0.358 e. The Morgan fingerprint density at radius 2 is 2.00 bits per heavy atom. The van der Waals surface area contributed by atoms with Crippen molar-refractivity contribution >= 4 is 52.3 Å². The molecule has 2 aromatic heterocycles. The zero-order valence-corrected chi connectivity index (χ0v) is 15.0. The topological polar surface area (TPSA) is 119 Å². The summed E-state index contributed by atoms with van der Waals surface area (Å²) in [7, 11) is 0. The van der Waals surface area contributed by atoms with Gasteiger partial charge in [-0.15, -0.1) is 5.10 Å². The number of benzene rings is 1. The van der Waals surface area contributed by atoms with Crippen molar-refractivity contribution in [1.29, 1.82) is 0 Å². The Morgan fingerprint density at radius 3 is 2.65 bits per heavy atom. The van der Waals surface area contributed by atoms with Gasteiger partial charge in [0.25, 0.3) is 5.91 Å². The van der Waals surface area contributed by atoms with Gasteiger partial charge in [0.05, 0.1) is 6.54 Å². The molecule has 9 nitrogen and oxygen atoms in total. The smallest absolute Gasteiger partial charge is 0.358 e. The van der Waals surface area contributed by atoms with Crippen LogP contribution in [0.25, 0.3) is 0 Å². The van der Waals surface area contributed by atoms with E-state index in [1.165, 1.54) is 10.9 Å². The molecule has 0 aliphatic rings. The van der Waals surface area contributed by atoms with Gasteiger partial charge in [-0.2, -0.15) is 5.10 Å². The maximum absolute atomic E-state index is 12.2. The van der Waals surface area contributed by atoms with Crippen LogP contribution in [0.1, 0.15) is 16.1 Å². The average molecular weight is 416 g/mol. The molecule has 0 aliphatic heterocycles. The molecule has 1 amide bonds. The van der Waals surface area contributed by atoms with Gasteiger partial charge in [-0.1, -0.05) is 58.1 Å². The van der Waals surface area contributed by atoms with E-state index in [9.17, 15) is 14.9 Å². The van der Waals surface area contributed by atoms with Crippen molar-refractivity contribution in [1.82, 2.24) is 20.0 Å². The Kier molecular flexibility index (Phi) is 5.12. The van der Waals surface area contributed by atoms with E-state index in [0.29, 0.717) is 11.6 Å². The molecule has 2 heterocycles. The number of anilines is 1. The Morgan fingerprint density at radius 1 is 1.27 bits per heavy atom. The highest BCUT2D eigenvalue weighted by Crippen LogP contribution is 2.27. The maximum atomic E-state index is 12.2. The number of aromatic amines is 1. The fourth-order valence-corrected chi connectivity index (χ4v) is 2.75. The fraction of sp³-hybridized carbons (Fsp3) is 0.0714. The third-order valence-corrected chi connectivity index (χ3v) is 4.33. The number of hydrogen-bond donors (Lipinski definition) is 2. The highest BCUT2D eigenvalue weighted by atomic mass is 35.5. The molecule has 1 aromatic carbocycles. The lowest BCUT2D eigenvalue weighted by Crippen LogP contribution is -2.14. The first-order valence-corrected chi connectivity index (χ1v) is 8.16. The van der Waals surface area contributed by atoms with Gasteiger partial charge in [0.2, 0.25) is 0 Å². The van der Waals surface area contributed by atoms with E-state index in [1.54, 1.807) is 12.1 Å². The second-order valence-electron chi connectivity index (χ2n) is 5.06. The van der Waals surface area contributed by atoms with Crippen molar-refractivity contribution < 1.29 is 9.72 Å². The van der Waals surface area contributed by atoms with Crippen LogP contribution in [0.3, 0.4) is 0 Å². The van der Waals surface area contributed by atoms with Crippen molar-refractivity contribution in [3.8, 4) is 0 Å². The van der Waals surface area contributed by atoms with E-state index < -0.39 is 21.7 Å². The quantitative estimate of drug-likeness (QED) is 0.485. The summed E-state index contributed by atoms with van der Waals surface area (Å²) in [6.45, 7) is 0.337. The number of halogens is 3. The molecule has 2 N–H and O–H groups in total. The minimum atomic E-state index is -0.788. The number of H-pyrrole nitrogens is 1. The number of amides is 1. The third kappa shape index (κ3) is 3.64. The summed E-state index contributed by atoms with van der Waals surface area (Å²) in [5, 5.41) is 23.3. The number of nitrogens with zero attached hydrogens (tertiary/aromatic N) is 4. The summed E-state index contributed by atoms with van der Waals surface area (Å²) in [5.74, 6) is -1.30. The van der Waals surface area contributed by atoms with Crippen LogP contribution >= 0.6 is 34.8 Å². The molecule has 26 heavy (non-hydrogen) atoms. The van der Waals surface area contributed by atoms with E-state index >= 15 is 0 Å². The van der Waals surface area contributed by atoms with Crippen molar-refractivity contribution in [3.05, 3.63) is 66.9 Å². The van der Waals surface area contributed by atoms with Crippen LogP contribution in [0.4, 0.5) is 11.6 Å². The lowest BCUT2D eigenvalue weighted by molar-refractivity contribution is -0.389. The zero-order valence-electron chi connectivity index (χ0n) is 12.7. The molecule has 0 radical (unpaired) electrons. The van der Waals surface area contributed by atoms with Crippen LogP contribution in [0.2, 0.25) is 15.1 Å². The van der Waals surface area contributed by atoms with Gasteiger partial charge in [0.1, 0.15) is 5.02 Å². The Bertz CT molecular complexity index is 1000. The van der Waals surface area contributed by atoms with Crippen LogP contribution in [-0.2, 0) is 6.54 Å². The van der Waals surface area contributed by atoms with Crippen molar-refractivity contribution in [2.24, 2.45) is 0 Å². The zero-order chi connectivity index (χ0) is 18.8. The number of rotatable bonds is 5. The van der Waals surface area contributed by atoms with Gasteiger partial charge in [-0.3, -0.25) is 9.48 Å². The molecule has 12 heteroatoms. The molecule has 0 spiro atoms. The molecule has 0 atom stereocenters. The summed E-state index contributed by atoms with van der Waals surface area (Å²) in [5.41, 5.74) is 0.479. The third-order valence-electron chi connectivity index (χ3n) is 3.33. The molecule has 0 fully saturated rings. The summed E-state index contributed by atoms with van der Waals surface area (Å²) >= 11 is 18.0. The molecule has 0 bridgehead atoms. The van der Waals surface area contributed by atoms with Gasteiger partial charge in [-0.25, -0.2) is 0 Å². The van der Waals surface area contributed by atoms with Gasteiger partial charge in [0, 0.05) is 11.2 Å². The molecule has 3 aromatic rings. The molecule has 0 saturated carbocycles. The van der Waals surface area contributed by atoms with Crippen LogP contribution in [0.15, 0.2) is 30.5 Å². The fourth-order valence-electron chi connectivity index (χ4n) is 2.12. The average Bonchev–Trinajstić information content (AvgIpc) is 3.13. The predicted molar refractivity (Wildman–Crippen MR) is 96.0 cm³/mol. The van der Waals surface area contributed by atoms with Crippen LogP contribution < -0.4 is 5.32 Å². The standard InChI is InChI=1S/C14H9Cl3N6O3/c15-8-4-2-1-3-7(8)5-22-6-9(16)12(21-22)18-14(24)11-10(17)13(20-19-11)23(25)26/h1-4,6H,5H2,(H,19,20)(H,18,21,24). The number of nitrogens with one attached hydrogen (secondary N) is 2. The molecular weight excluding hydrogens is 407 g/mol. The lowest BCUT2D eigenvalue weighted by atomic mass is 10.2. The van der Waals surface area contributed by atoms with Crippen molar-refractivity contribution in [2.45, 2.75) is 6.54 Å². The minimum absolute atomic E-state index is 0.0606. The molecule has 3 rings (SSSR count). The van der Waals surface area contributed by atoms with Gasteiger partial charge >= 0.3 is 5.82 Å². The number of aromatic nitrogens is 4. The number of carbonyl (C=O) groups excluding carboxylic acids is 1. The summed E-state index contributed by atoms with van der Waals surface area (Å²) < 4.78 is 1.49. The van der Waals surface area contributed by atoms with Crippen LogP contribution in [0, 0.1) is 10.1 Å². The van der Waals surface area contributed by atoms with Gasteiger partial charge in [-0.05, 0) is 16.6 Å². The molecule has 0 unspecified atom stereocenters. The lowest BCUT2D eigenvalue weighted by Gasteiger charge is -2.04. The van der Waals surface area contributed by atoms with E-state index in [-0.39, 0.29) is 16.5 Å². The van der Waals surface area contributed by atoms with Crippen molar-refractivity contribution in [2.75, 3.05) is 5.32 Å². The summed E-state index contributed by atoms with van der Waals surface area (Å²) in [6.07, 6.45) is 1.51. The molecule has 0 saturated heterocycles. The van der Waals surface area contributed by atoms with E-state index in [2.05, 4.69) is 20.6 Å². The number of carbonyl (C=O) groups is 1. The van der Waals surface area contributed by atoms with E-state index in [4.69, 9.17) is 34.8 Å². The number of nitro groups is 1. The van der Waals surface area contributed by atoms with Crippen LogP contribution in [-0.4, -0.2) is 30.8 Å². The van der Waals surface area contributed by atoms with Gasteiger partial charge < -0.3 is 15.4 Å². The monoisotopic (exact) mass is 414 g/mol. The van der Waals surface area contributed by atoms with Gasteiger partial charge in [0.15, 0.2) is 16.5 Å². The largest absolute Gasteiger partial charge is 0.362 e. The molecular formula is C14H9Cl3N6O3. The Balaban J connectivity index is 1.79. The molecule has 0 aliphatic carbocycles.